The highest BCUT2D eigenvalue weighted by atomic mass is 16.5. The van der Waals surface area contributed by atoms with Crippen molar-refractivity contribution in [3.05, 3.63) is 52.7 Å². The number of nitrogens with zero attached hydrogens (tertiary/aromatic N) is 3. The Morgan fingerprint density at radius 3 is 2.34 bits per heavy atom. The van der Waals surface area contributed by atoms with Crippen molar-refractivity contribution in [2.24, 2.45) is 0 Å². The number of likely N-dealkylation sites (N-methyl/N-ethyl adjacent to an activating group) is 1. The average molecular weight is 478 g/mol. The van der Waals surface area contributed by atoms with Crippen molar-refractivity contribution < 1.29 is 14.6 Å². The lowest BCUT2D eigenvalue weighted by molar-refractivity contribution is -0.160. The summed E-state index contributed by atoms with van der Waals surface area (Å²) in [7, 11) is 4.17. The summed E-state index contributed by atoms with van der Waals surface area (Å²) < 4.78 is 8.65. The number of benzene rings is 2. The zero-order chi connectivity index (χ0) is 25.7. The Morgan fingerprint density at radius 1 is 1.11 bits per heavy atom. The SMILES string of the molecule is Cc1ccc(-c2c(C(OC(C)(C)C)C(=O)O)c(C)c3c4c2cc(C)n4CCN3CCN(C)C)cc1. The van der Waals surface area contributed by atoms with Gasteiger partial charge in [-0.05, 0) is 78.4 Å². The molecule has 6 nitrogen and oxygen atoms in total. The Morgan fingerprint density at radius 2 is 1.77 bits per heavy atom. The van der Waals surface area contributed by atoms with Crippen LogP contribution in [0.2, 0.25) is 0 Å². The van der Waals surface area contributed by atoms with Crippen molar-refractivity contribution in [3.63, 3.8) is 0 Å². The molecule has 3 aromatic rings. The Labute approximate surface area is 209 Å². The molecule has 188 valence electrons. The maximum absolute atomic E-state index is 12.7. The first-order chi connectivity index (χ1) is 16.4. The lowest BCUT2D eigenvalue weighted by atomic mass is 9.87. The summed E-state index contributed by atoms with van der Waals surface area (Å²) in [6.07, 6.45) is -1.08. The predicted molar refractivity (Wildman–Crippen MR) is 144 cm³/mol. The third-order valence-electron chi connectivity index (χ3n) is 6.85. The summed E-state index contributed by atoms with van der Waals surface area (Å²) in [5.74, 6) is -0.963. The first-order valence-electron chi connectivity index (χ1n) is 12.4. The normalized spacial score (nSPS) is 14.7. The van der Waals surface area contributed by atoms with Gasteiger partial charge < -0.3 is 24.2 Å². The minimum atomic E-state index is -1.08. The van der Waals surface area contributed by atoms with Crippen molar-refractivity contribution >= 4 is 22.6 Å². The first kappa shape index (κ1) is 25.3. The highest BCUT2D eigenvalue weighted by Crippen LogP contribution is 2.47. The summed E-state index contributed by atoms with van der Waals surface area (Å²) in [5, 5.41) is 11.5. The lowest BCUT2D eigenvalue weighted by Crippen LogP contribution is -2.38. The van der Waals surface area contributed by atoms with E-state index in [1.165, 1.54) is 16.8 Å². The molecule has 0 amide bonds. The van der Waals surface area contributed by atoms with E-state index in [1.807, 2.05) is 20.8 Å². The van der Waals surface area contributed by atoms with Gasteiger partial charge >= 0.3 is 5.97 Å². The topological polar surface area (TPSA) is 57.9 Å². The second kappa shape index (κ2) is 9.32. The predicted octanol–water partition coefficient (Wildman–Crippen LogP) is 5.56. The summed E-state index contributed by atoms with van der Waals surface area (Å²) >= 11 is 0. The molecule has 0 saturated heterocycles. The van der Waals surface area contributed by atoms with Crippen molar-refractivity contribution in [1.29, 1.82) is 0 Å². The molecule has 0 saturated carbocycles. The van der Waals surface area contributed by atoms with Crippen molar-refractivity contribution in [2.45, 2.75) is 59.8 Å². The Balaban J connectivity index is 2.09. The van der Waals surface area contributed by atoms with Crippen molar-refractivity contribution in [3.8, 4) is 11.1 Å². The van der Waals surface area contributed by atoms with Gasteiger partial charge in [-0.25, -0.2) is 4.79 Å². The minimum absolute atomic E-state index is 0.612. The molecule has 1 aliphatic heterocycles. The van der Waals surface area contributed by atoms with Gasteiger partial charge in [0.15, 0.2) is 6.10 Å². The fourth-order valence-electron chi connectivity index (χ4n) is 5.26. The monoisotopic (exact) mass is 477 g/mol. The Bertz CT molecular complexity index is 1250. The fraction of sp³-hybridized carbons (Fsp3) is 0.483. The quantitative estimate of drug-likeness (QED) is 0.483. The number of carboxylic acid groups (broad SMARTS) is 1. The molecular formula is C29H39N3O3. The average Bonchev–Trinajstić information content (AvgIpc) is 3.10. The molecule has 0 spiro atoms. The molecule has 6 heteroatoms. The highest BCUT2D eigenvalue weighted by molar-refractivity contribution is 6.07. The van der Waals surface area contributed by atoms with Gasteiger partial charge in [-0.3, -0.25) is 0 Å². The molecule has 1 N–H and O–H groups in total. The molecule has 4 rings (SSSR count). The number of aromatic nitrogens is 1. The Kier molecular flexibility index (Phi) is 6.73. The molecule has 2 aromatic carbocycles. The third-order valence-corrected chi connectivity index (χ3v) is 6.85. The summed E-state index contributed by atoms with van der Waals surface area (Å²) in [5.41, 5.74) is 7.82. The molecule has 0 bridgehead atoms. The van der Waals surface area contributed by atoms with Crippen LogP contribution in [-0.4, -0.2) is 59.9 Å². The number of aryl methyl sites for hydroxylation is 2. The van der Waals surface area contributed by atoms with E-state index in [-0.39, 0.29) is 0 Å². The van der Waals surface area contributed by atoms with Gasteiger partial charge in [-0.1, -0.05) is 29.8 Å². The number of rotatable bonds is 7. The maximum atomic E-state index is 12.7. The second-order valence-electron chi connectivity index (χ2n) is 11.1. The zero-order valence-electron chi connectivity index (χ0n) is 22.4. The first-order valence-corrected chi connectivity index (χ1v) is 12.4. The number of hydrogen-bond acceptors (Lipinski definition) is 4. The van der Waals surface area contributed by atoms with Gasteiger partial charge in [0.1, 0.15) is 0 Å². The molecule has 0 aliphatic carbocycles. The van der Waals surface area contributed by atoms with Gasteiger partial charge in [-0.2, -0.15) is 0 Å². The number of anilines is 1. The number of carboxylic acids is 1. The van der Waals surface area contributed by atoms with Crippen LogP contribution in [0.4, 0.5) is 5.69 Å². The van der Waals surface area contributed by atoms with Gasteiger partial charge in [0.25, 0.3) is 0 Å². The van der Waals surface area contributed by atoms with Crippen molar-refractivity contribution in [1.82, 2.24) is 9.47 Å². The number of aliphatic carboxylic acids is 1. The lowest BCUT2D eigenvalue weighted by Gasteiger charge is -2.36. The Hall–Kier alpha value is -2.83. The van der Waals surface area contributed by atoms with E-state index >= 15 is 0 Å². The molecular weight excluding hydrogens is 438 g/mol. The summed E-state index contributed by atoms with van der Waals surface area (Å²) in [6, 6.07) is 10.6. The van der Waals surface area contributed by atoms with Crippen LogP contribution in [0.1, 0.15) is 49.3 Å². The van der Waals surface area contributed by atoms with Crippen LogP contribution in [0.25, 0.3) is 22.0 Å². The van der Waals surface area contributed by atoms with Gasteiger partial charge in [-0.15, -0.1) is 0 Å². The van der Waals surface area contributed by atoms with E-state index in [0.29, 0.717) is 0 Å². The van der Waals surface area contributed by atoms with Crippen molar-refractivity contribution in [2.75, 3.05) is 38.6 Å². The van der Waals surface area contributed by atoms with Crippen LogP contribution in [0.3, 0.4) is 0 Å². The molecule has 0 fully saturated rings. The van der Waals surface area contributed by atoms with Crippen LogP contribution in [-0.2, 0) is 16.1 Å². The van der Waals surface area contributed by atoms with E-state index in [4.69, 9.17) is 4.74 Å². The molecule has 2 heterocycles. The number of hydrogen-bond donors (Lipinski definition) is 1. The van der Waals surface area contributed by atoms with Crippen LogP contribution < -0.4 is 4.90 Å². The molecule has 35 heavy (non-hydrogen) atoms. The standard InChI is InChI=1S/C29H39N3O3/c1-18-9-11-21(12-10-18)24-22-17-19(2)32-16-15-31(14-13-30(7)8)25(26(22)32)20(3)23(24)27(28(33)34)35-29(4,5)6/h9-12,17,27H,13-16H2,1-8H3,(H,33,34). The number of ether oxygens (including phenoxy) is 1. The molecule has 1 unspecified atom stereocenters. The van der Waals surface area contributed by atoms with Crippen LogP contribution in [0, 0.1) is 20.8 Å². The minimum Gasteiger partial charge on any atom is -0.479 e. The molecule has 1 atom stereocenters. The molecule has 0 radical (unpaired) electrons. The van der Waals surface area contributed by atoms with Crippen LogP contribution in [0.5, 0.6) is 0 Å². The summed E-state index contributed by atoms with van der Waals surface area (Å²) in [6.45, 7) is 15.7. The zero-order valence-corrected chi connectivity index (χ0v) is 22.4. The largest absolute Gasteiger partial charge is 0.479 e. The fourth-order valence-corrected chi connectivity index (χ4v) is 5.26. The van der Waals surface area contributed by atoms with E-state index < -0.39 is 17.7 Å². The van der Waals surface area contributed by atoms with Gasteiger partial charge in [0.05, 0.1) is 16.8 Å². The number of carbonyl (C=O) groups is 1. The molecule has 1 aliphatic rings. The third kappa shape index (κ3) is 4.82. The maximum Gasteiger partial charge on any atom is 0.337 e. The summed E-state index contributed by atoms with van der Waals surface area (Å²) in [4.78, 5) is 17.4. The van der Waals surface area contributed by atoms with E-state index in [0.717, 1.165) is 59.5 Å². The van der Waals surface area contributed by atoms with Crippen LogP contribution >= 0.6 is 0 Å². The van der Waals surface area contributed by atoms with Crippen LogP contribution in [0.15, 0.2) is 30.3 Å². The second-order valence-corrected chi connectivity index (χ2v) is 11.1. The molecule has 1 aromatic heterocycles. The van der Waals surface area contributed by atoms with E-state index in [2.05, 4.69) is 79.6 Å². The van der Waals surface area contributed by atoms with Gasteiger partial charge in [0, 0.05) is 42.8 Å². The van der Waals surface area contributed by atoms with E-state index in [9.17, 15) is 9.90 Å². The smallest absolute Gasteiger partial charge is 0.337 e. The van der Waals surface area contributed by atoms with E-state index in [1.54, 1.807) is 0 Å². The highest BCUT2D eigenvalue weighted by Gasteiger charge is 2.35. The van der Waals surface area contributed by atoms with Gasteiger partial charge in [0.2, 0.25) is 0 Å².